The van der Waals surface area contributed by atoms with Crippen molar-refractivity contribution in [2.45, 2.75) is 0 Å². The molecule has 15 heavy (non-hydrogen) atoms. The summed E-state index contributed by atoms with van der Waals surface area (Å²) in [6, 6.07) is 11.9. The number of benzene rings is 1. The maximum atomic E-state index is 6.08. The molecule has 1 aromatic carbocycles. The summed E-state index contributed by atoms with van der Waals surface area (Å²) < 4.78 is 0. The summed E-state index contributed by atoms with van der Waals surface area (Å²) in [7, 11) is 0. The van der Waals surface area contributed by atoms with Crippen LogP contribution in [0.2, 0.25) is 5.15 Å². The highest BCUT2D eigenvalue weighted by Gasteiger charge is 2.05. The van der Waals surface area contributed by atoms with Gasteiger partial charge in [0.15, 0.2) is 5.65 Å². The van der Waals surface area contributed by atoms with Crippen LogP contribution in [0.3, 0.4) is 0 Å². The van der Waals surface area contributed by atoms with E-state index in [1.807, 2.05) is 36.4 Å². The fourth-order valence-corrected chi connectivity index (χ4v) is 1.99. The van der Waals surface area contributed by atoms with E-state index in [4.69, 9.17) is 11.6 Å². The lowest BCUT2D eigenvalue weighted by molar-refractivity contribution is 1.30. The van der Waals surface area contributed by atoms with Crippen LogP contribution >= 0.6 is 11.6 Å². The number of fused-ring (bicyclic) bond motifs is 3. The third-order valence-electron chi connectivity index (χ3n) is 2.43. The molecule has 3 heteroatoms. The van der Waals surface area contributed by atoms with Crippen molar-refractivity contribution in [1.29, 1.82) is 0 Å². The zero-order valence-corrected chi connectivity index (χ0v) is 8.57. The van der Waals surface area contributed by atoms with Gasteiger partial charge in [-0.25, -0.2) is 9.97 Å². The maximum absolute atomic E-state index is 6.08. The minimum atomic E-state index is 0.511. The number of hydrogen-bond donors (Lipinski definition) is 0. The predicted octanol–water partition coefficient (Wildman–Crippen LogP) is 3.44. The highest BCUT2D eigenvalue weighted by Crippen LogP contribution is 2.27. The van der Waals surface area contributed by atoms with Crippen LogP contribution in [0.4, 0.5) is 0 Å². The Bertz CT molecular complexity index is 649. The van der Waals surface area contributed by atoms with Crippen LogP contribution in [0.25, 0.3) is 21.8 Å². The first-order chi connectivity index (χ1) is 7.36. The normalized spacial score (nSPS) is 11.0. The van der Waals surface area contributed by atoms with E-state index < -0.39 is 0 Å². The van der Waals surface area contributed by atoms with Crippen LogP contribution in [-0.4, -0.2) is 9.97 Å². The minimum Gasteiger partial charge on any atom is -0.237 e. The average molecular weight is 215 g/mol. The van der Waals surface area contributed by atoms with Crippen molar-refractivity contribution in [3.63, 3.8) is 0 Å². The largest absolute Gasteiger partial charge is 0.237 e. The molecule has 0 bridgehead atoms. The molecule has 2 nitrogen and oxygen atoms in total. The summed E-state index contributed by atoms with van der Waals surface area (Å²) in [5.41, 5.74) is 0.696. The molecule has 0 N–H and O–H groups in total. The second-order valence-corrected chi connectivity index (χ2v) is 3.68. The van der Waals surface area contributed by atoms with Crippen molar-refractivity contribution in [1.82, 2.24) is 9.97 Å². The SMILES string of the molecule is Clc1nc2ncccc2c2ccccc12. The van der Waals surface area contributed by atoms with E-state index in [1.54, 1.807) is 6.20 Å². The summed E-state index contributed by atoms with van der Waals surface area (Å²) >= 11 is 6.08. The fraction of sp³-hybridized carbons (Fsp3) is 0. The third-order valence-corrected chi connectivity index (χ3v) is 2.72. The van der Waals surface area contributed by atoms with E-state index in [9.17, 15) is 0 Å². The van der Waals surface area contributed by atoms with Crippen molar-refractivity contribution in [3.8, 4) is 0 Å². The standard InChI is InChI=1S/C12H7ClN2/c13-11-9-5-2-1-4-8(9)10-6-3-7-14-12(10)15-11/h1-7H. The molecular formula is C12H7ClN2. The highest BCUT2D eigenvalue weighted by atomic mass is 35.5. The average Bonchev–Trinajstić information content (AvgIpc) is 2.30. The molecule has 3 aromatic rings. The summed E-state index contributed by atoms with van der Waals surface area (Å²) in [4.78, 5) is 8.45. The first-order valence-electron chi connectivity index (χ1n) is 4.65. The molecule has 0 radical (unpaired) electrons. The summed E-state index contributed by atoms with van der Waals surface area (Å²) in [5.74, 6) is 0. The lowest BCUT2D eigenvalue weighted by atomic mass is 10.1. The Morgan fingerprint density at radius 3 is 2.47 bits per heavy atom. The van der Waals surface area contributed by atoms with Gasteiger partial charge in [0.25, 0.3) is 0 Å². The number of rotatable bonds is 0. The van der Waals surface area contributed by atoms with E-state index in [0.29, 0.717) is 10.8 Å². The van der Waals surface area contributed by atoms with Crippen molar-refractivity contribution in [2.24, 2.45) is 0 Å². The Morgan fingerprint density at radius 2 is 1.60 bits per heavy atom. The molecular weight excluding hydrogens is 208 g/mol. The van der Waals surface area contributed by atoms with E-state index in [0.717, 1.165) is 16.2 Å². The monoisotopic (exact) mass is 214 g/mol. The molecule has 0 fully saturated rings. The minimum absolute atomic E-state index is 0.511. The maximum Gasteiger partial charge on any atom is 0.161 e. The second-order valence-electron chi connectivity index (χ2n) is 3.32. The van der Waals surface area contributed by atoms with Gasteiger partial charge in [0.2, 0.25) is 0 Å². The molecule has 72 valence electrons. The molecule has 3 rings (SSSR count). The number of aromatic nitrogens is 2. The fourth-order valence-electron chi connectivity index (χ4n) is 1.75. The summed E-state index contributed by atoms with van der Waals surface area (Å²) in [5, 5.41) is 3.62. The van der Waals surface area contributed by atoms with Gasteiger partial charge in [-0.05, 0) is 17.5 Å². The van der Waals surface area contributed by atoms with Crippen molar-refractivity contribution in [3.05, 3.63) is 47.7 Å². The molecule has 0 amide bonds. The van der Waals surface area contributed by atoms with Crippen molar-refractivity contribution >= 4 is 33.4 Å². The van der Waals surface area contributed by atoms with Gasteiger partial charge in [-0.2, -0.15) is 0 Å². The Balaban J connectivity index is 2.64. The lowest BCUT2D eigenvalue weighted by Gasteiger charge is -2.03. The van der Waals surface area contributed by atoms with E-state index >= 15 is 0 Å². The zero-order valence-electron chi connectivity index (χ0n) is 7.81. The molecule has 0 saturated heterocycles. The van der Waals surface area contributed by atoms with Gasteiger partial charge >= 0.3 is 0 Å². The first-order valence-corrected chi connectivity index (χ1v) is 5.03. The molecule has 0 aliphatic rings. The number of hydrogen-bond acceptors (Lipinski definition) is 2. The lowest BCUT2D eigenvalue weighted by Crippen LogP contribution is -1.86. The Labute approximate surface area is 91.5 Å². The van der Waals surface area contributed by atoms with Gasteiger partial charge in [-0.1, -0.05) is 35.9 Å². The Morgan fingerprint density at radius 1 is 0.867 bits per heavy atom. The van der Waals surface area contributed by atoms with E-state index in [1.165, 1.54) is 0 Å². The Hall–Kier alpha value is -1.67. The molecule has 0 atom stereocenters. The predicted molar refractivity (Wildman–Crippen MR) is 62.1 cm³/mol. The molecule has 0 saturated carbocycles. The van der Waals surface area contributed by atoms with Crippen LogP contribution in [0, 0.1) is 0 Å². The summed E-state index contributed by atoms with van der Waals surface area (Å²) in [6.45, 7) is 0. The van der Waals surface area contributed by atoms with Crippen LogP contribution in [-0.2, 0) is 0 Å². The molecule has 0 unspecified atom stereocenters. The highest BCUT2D eigenvalue weighted by molar-refractivity contribution is 6.35. The molecule has 0 aliphatic carbocycles. The van der Waals surface area contributed by atoms with Crippen LogP contribution in [0.5, 0.6) is 0 Å². The zero-order chi connectivity index (χ0) is 10.3. The van der Waals surface area contributed by atoms with Crippen LogP contribution in [0.1, 0.15) is 0 Å². The van der Waals surface area contributed by atoms with Crippen LogP contribution < -0.4 is 0 Å². The third kappa shape index (κ3) is 1.26. The topological polar surface area (TPSA) is 25.8 Å². The van der Waals surface area contributed by atoms with Crippen molar-refractivity contribution in [2.75, 3.05) is 0 Å². The quantitative estimate of drug-likeness (QED) is 0.423. The summed E-state index contributed by atoms with van der Waals surface area (Å²) in [6.07, 6.45) is 1.72. The van der Waals surface area contributed by atoms with Crippen molar-refractivity contribution < 1.29 is 0 Å². The first kappa shape index (κ1) is 8.62. The van der Waals surface area contributed by atoms with Gasteiger partial charge in [0, 0.05) is 17.0 Å². The Kier molecular flexibility index (Phi) is 1.82. The molecule has 0 aliphatic heterocycles. The van der Waals surface area contributed by atoms with E-state index in [-0.39, 0.29) is 0 Å². The smallest absolute Gasteiger partial charge is 0.161 e. The number of halogens is 1. The van der Waals surface area contributed by atoms with Gasteiger partial charge in [0.05, 0.1) is 0 Å². The van der Waals surface area contributed by atoms with Gasteiger partial charge < -0.3 is 0 Å². The molecule has 2 heterocycles. The molecule has 0 spiro atoms. The van der Waals surface area contributed by atoms with Gasteiger partial charge in [-0.15, -0.1) is 0 Å². The number of nitrogens with zero attached hydrogens (tertiary/aromatic N) is 2. The van der Waals surface area contributed by atoms with Gasteiger partial charge in [-0.3, -0.25) is 0 Å². The molecule has 2 aromatic heterocycles. The second kappa shape index (κ2) is 3.17. The van der Waals surface area contributed by atoms with E-state index in [2.05, 4.69) is 9.97 Å². The van der Waals surface area contributed by atoms with Crippen LogP contribution in [0.15, 0.2) is 42.6 Å². The van der Waals surface area contributed by atoms with Gasteiger partial charge in [0.1, 0.15) is 5.15 Å². The number of pyridine rings is 2.